The van der Waals surface area contributed by atoms with Crippen molar-refractivity contribution in [3.8, 4) is 32.8 Å². The molecule has 2 aromatic carbocycles. The lowest BCUT2D eigenvalue weighted by Gasteiger charge is -2.15. The van der Waals surface area contributed by atoms with Crippen molar-refractivity contribution in [2.75, 3.05) is 5.75 Å². The summed E-state index contributed by atoms with van der Waals surface area (Å²) in [6, 6.07) is 13.7. The van der Waals surface area contributed by atoms with Crippen molar-refractivity contribution < 1.29 is 13.2 Å². The molecule has 34 heavy (non-hydrogen) atoms. The Labute approximate surface area is 205 Å². The molecule has 1 aliphatic rings. The average Bonchev–Trinajstić information content (AvgIpc) is 3.45. The SMILES string of the molecule is CCCCS(=O)(=O)N[C@H]1CCc2c(-c3cnc(-c4ccc(OC(C)C)c(C#N)c4)s3)cccc21. The standard InChI is InChI=1S/C26H29N3O3S2/c1-4-5-13-34(30,31)29-23-11-10-20-21(23)7-6-8-22(20)25-16-28-26(33-25)18-9-12-24(32-17(2)3)19(14-18)15-27/h6-9,12,14,16-17,23,29H,4-5,10-11,13H2,1-3H3/t23-/m0/s1. The van der Waals surface area contributed by atoms with E-state index >= 15 is 0 Å². The van der Waals surface area contributed by atoms with Gasteiger partial charge in [0, 0.05) is 17.8 Å². The van der Waals surface area contributed by atoms with Gasteiger partial charge in [-0.3, -0.25) is 0 Å². The van der Waals surface area contributed by atoms with Gasteiger partial charge in [-0.2, -0.15) is 5.26 Å². The van der Waals surface area contributed by atoms with Gasteiger partial charge in [-0.15, -0.1) is 11.3 Å². The van der Waals surface area contributed by atoms with Crippen LogP contribution in [-0.2, 0) is 16.4 Å². The van der Waals surface area contributed by atoms with Crippen LogP contribution < -0.4 is 9.46 Å². The lowest BCUT2D eigenvalue weighted by molar-refractivity contribution is 0.242. The number of sulfonamides is 1. The van der Waals surface area contributed by atoms with E-state index in [0.717, 1.165) is 45.8 Å². The maximum Gasteiger partial charge on any atom is 0.212 e. The molecule has 0 fully saturated rings. The summed E-state index contributed by atoms with van der Waals surface area (Å²) in [5.41, 5.74) is 4.69. The number of fused-ring (bicyclic) bond motifs is 1. The highest BCUT2D eigenvalue weighted by Gasteiger charge is 2.28. The molecule has 8 heteroatoms. The molecular weight excluding hydrogens is 466 g/mol. The van der Waals surface area contributed by atoms with E-state index in [1.165, 1.54) is 5.56 Å². The van der Waals surface area contributed by atoms with Crippen LogP contribution in [0, 0.1) is 11.3 Å². The number of nitrogens with zero attached hydrogens (tertiary/aromatic N) is 2. The second-order valence-electron chi connectivity index (χ2n) is 8.77. The number of nitriles is 1. The summed E-state index contributed by atoms with van der Waals surface area (Å²) in [4.78, 5) is 5.65. The van der Waals surface area contributed by atoms with Crippen LogP contribution in [0.3, 0.4) is 0 Å². The topological polar surface area (TPSA) is 92.1 Å². The zero-order chi connectivity index (χ0) is 24.3. The van der Waals surface area contributed by atoms with Gasteiger partial charge in [0.05, 0.1) is 22.3 Å². The third-order valence-corrected chi connectivity index (χ3v) is 8.39. The molecule has 0 saturated carbocycles. The summed E-state index contributed by atoms with van der Waals surface area (Å²) < 4.78 is 33.5. The van der Waals surface area contributed by atoms with Crippen molar-refractivity contribution >= 4 is 21.4 Å². The first-order chi connectivity index (χ1) is 16.3. The van der Waals surface area contributed by atoms with Gasteiger partial charge in [-0.1, -0.05) is 31.5 Å². The molecule has 6 nitrogen and oxygen atoms in total. The molecule has 0 unspecified atom stereocenters. The minimum Gasteiger partial charge on any atom is -0.490 e. The van der Waals surface area contributed by atoms with Gasteiger partial charge in [-0.25, -0.2) is 18.1 Å². The molecule has 1 aliphatic carbocycles. The molecule has 0 aliphatic heterocycles. The molecule has 1 N–H and O–H groups in total. The fourth-order valence-electron chi connectivity index (χ4n) is 4.26. The van der Waals surface area contributed by atoms with Gasteiger partial charge in [0.1, 0.15) is 16.8 Å². The van der Waals surface area contributed by atoms with Crippen LogP contribution in [0.1, 0.15) is 62.8 Å². The number of rotatable bonds is 9. The second kappa shape index (κ2) is 10.3. The molecule has 0 spiro atoms. The normalized spacial score (nSPS) is 15.3. The van der Waals surface area contributed by atoms with E-state index in [4.69, 9.17) is 4.74 Å². The molecule has 178 valence electrons. The van der Waals surface area contributed by atoms with Crippen LogP contribution in [0.25, 0.3) is 21.0 Å². The summed E-state index contributed by atoms with van der Waals surface area (Å²) in [6.45, 7) is 5.85. The van der Waals surface area contributed by atoms with Gasteiger partial charge < -0.3 is 4.74 Å². The Hall–Kier alpha value is -2.73. The molecule has 3 aromatic rings. The van der Waals surface area contributed by atoms with Crippen molar-refractivity contribution in [1.82, 2.24) is 9.71 Å². The first-order valence-corrected chi connectivity index (χ1v) is 14.1. The van der Waals surface area contributed by atoms with Crippen molar-refractivity contribution in [2.24, 2.45) is 0 Å². The molecule has 4 rings (SSSR count). The Balaban J connectivity index is 1.60. The second-order valence-corrected chi connectivity index (χ2v) is 11.7. The van der Waals surface area contributed by atoms with Crippen LogP contribution in [0.2, 0.25) is 0 Å². The number of aromatic nitrogens is 1. The maximum atomic E-state index is 12.5. The number of hydrogen-bond donors (Lipinski definition) is 1. The van der Waals surface area contributed by atoms with Crippen LogP contribution in [0.15, 0.2) is 42.6 Å². The average molecular weight is 496 g/mol. The van der Waals surface area contributed by atoms with E-state index < -0.39 is 10.0 Å². The monoisotopic (exact) mass is 495 g/mol. The lowest BCUT2D eigenvalue weighted by Crippen LogP contribution is -2.29. The summed E-state index contributed by atoms with van der Waals surface area (Å²) in [7, 11) is -3.29. The van der Waals surface area contributed by atoms with Crippen molar-refractivity contribution in [3.63, 3.8) is 0 Å². The third kappa shape index (κ3) is 5.33. The molecule has 0 bridgehead atoms. The van der Waals surface area contributed by atoms with Crippen LogP contribution in [-0.4, -0.2) is 25.3 Å². The lowest BCUT2D eigenvalue weighted by atomic mass is 10.0. The Morgan fingerprint density at radius 2 is 2.12 bits per heavy atom. The molecule has 1 atom stereocenters. The Morgan fingerprint density at radius 1 is 1.29 bits per heavy atom. The number of ether oxygens (including phenoxy) is 1. The van der Waals surface area contributed by atoms with Crippen molar-refractivity contribution in [2.45, 2.75) is 58.6 Å². The molecule has 0 saturated heterocycles. The number of benzene rings is 2. The Morgan fingerprint density at radius 3 is 2.85 bits per heavy atom. The molecule has 1 aromatic heterocycles. The summed E-state index contributed by atoms with van der Waals surface area (Å²) >= 11 is 1.57. The molecule has 0 radical (unpaired) electrons. The zero-order valence-electron chi connectivity index (χ0n) is 19.7. The fourth-order valence-corrected chi connectivity index (χ4v) is 6.69. The predicted octanol–water partition coefficient (Wildman–Crippen LogP) is 5.84. The largest absolute Gasteiger partial charge is 0.490 e. The van der Waals surface area contributed by atoms with Crippen LogP contribution in [0.5, 0.6) is 5.75 Å². The summed E-state index contributed by atoms with van der Waals surface area (Å²) in [5, 5.41) is 10.4. The highest BCUT2D eigenvalue weighted by Crippen LogP contribution is 2.41. The van der Waals surface area contributed by atoms with Crippen LogP contribution >= 0.6 is 11.3 Å². The number of thiazole rings is 1. The van der Waals surface area contributed by atoms with E-state index in [-0.39, 0.29) is 17.9 Å². The van der Waals surface area contributed by atoms with E-state index in [9.17, 15) is 13.7 Å². The third-order valence-electron chi connectivity index (χ3n) is 5.84. The van der Waals surface area contributed by atoms with Crippen LogP contribution in [0.4, 0.5) is 0 Å². The maximum absolute atomic E-state index is 12.5. The number of unbranched alkanes of at least 4 members (excludes halogenated alkanes) is 1. The number of hydrogen-bond acceptors (Lipinski definition) is 6. The minimum atomic E-state index is -3.29. The van der Waals surface area contributed by atoms with E-state index in [1.54, 1.807) is 11.3 Å². The van der Waals surface area contributed by atoms with E-state index in [1.807, 2.05) is 57.3 Å². The van der Waals surface area contributed by atoms with Gasteiger partial charge >= 0.3 is 0 Å². The highest BCUT2D eigenvalue weighted by atomic mass is 32.2. The van der Waals surface area contributed by atoms with Crippen molar-refractivity contribution in [1.29, 1.82) is 5.26 Å². The highest BCUT2D eigenvalue weighted by molar-refractivity contribution is 7.89. The first kappa shape index (κ1) is 24.4. The van der Waals surface area contributed by atoms with E-state index in [2.05, 4.69) is 21.8 Å². The van der Waals surface area contributed by atoms with Gasteiger partial charge in [0.2, 0.25) is 10.0 Å². The summed E-state index contributed by atoms with van der Waals surface area (Å²) in [6.07, 6.45) is 4.94. The molecule has 1 heterocycles. The van der Waals surface area contributed by atoms with Gasteiger partial charge in [0.25, 0.3) is 0 Å². The summed E-state index contributed by atoms with van der Waals surface area (Å²) in [5.74, 6) is 0.741. The molecule has 0 amide bonds. The van der Waals surface area contributed by atoms with Gasteiger partial charge in [0.15, 0.2) is 0 Å². The quantitative estimate of drug-likeness (QED) is 0.402. The van der Waals surface area contributed by atoms with Gasteiger partial charge in [-0.05, 0) is 68.0 Å². The fraction of sp³-hybridized carbons (Fsp3) is 0.385. The smallest absolute Gasteiger partial charge is 0.212 e. The zero-order valence-corrected chi connectivity index (χ0v) is 21.3. The minimum absolute atomic E-state index is 0.00969. The molecular formula is C26H29N3O3S2. The Kier molecular flexibility index (Phi) is 7.36. The Bertz CT molecular complexity index is 1320. The number of nitrogens with one attached hydrogen (secondary N) is 1. The van der Waals surface area contributed by atoms with E-state index in [0.29, 0.717) is 17.7 Å². The predicted molar refractivity (Wildman–Crippen MR) is 136 cm³/mol. The first-order valence-electron chi connectivity index (χ1n) is 11.6. The van der Waals surface area contributed by atoms with Crippen molar-refractivity contribution in [3.05, 3.63) is 59.3 Å².